The van der Waals surface area contributed by atoms with E-state index in [1.54, 1.807) is 7.11 Å². The summed E-state index contributed by atoms with van der Waals surface area (Å²) in [6.07, 6.45) is 5.33. The van der Waals surface area contributed by atoms with Gasteiger partial charge in [0.1, 0.15) is 5.75 Å². The third-order valence-electron chi connectivity index (χ3n) is 5.35. The second-order valence-corrected chi connectivity index (χ2v) is 6.98. The Kier molecular flexibility index (Phi) is 5.61. The van der Waals surface area contributed by atoms with Crippen LogP contribution in [0, 0.1) is 5.92 Å². The van der Waals surface area contributed by atoms with Crippen LogP contribution in [0.3, 0.4) is 0 Å². The highest BCUT2D eigenvalue weighted by molar-refractivity contribution is 5.74. The molecule has 2 atom stereocenters. The van der Waals surface area contributed by atoms with Crippen molar-refractivity contribution in [2.24, 2.45) is 5.92 Å². The number of rotatable bonds is 4. The number of aliphatic hydroxyl groups is 1. The van der Waals surface area contributed by atoms with E-state index in [0.29, 0.717) is 19.0 Å². The molecule has 1 aliphatic heterocycles. The fraction of sp³-hybridized carbons (Fsp3) is 0.632. The largest absolute Gasteiger partial charge is 0.497 e. The molecule has 1 aromatic carbocycles. The number of nitrogens with zero attached hydrogens (tertiary/aromatic N) is 1. The average Bonchev–Trinajstić information content (AvgIpc) is 2.65. The standard InChI is InChI=1S/C19H28N2O3/c1-24-17-7-8-18-15(10-17)5-2-6-16(18)11-20-19(23)21-9-3-4-14(12-21)13-22/h7-8,10,14,16,22H,2-6,9,11-13H2,1H3,(H,20,23)/t14-,16-/m1/s1. The van der Waals surface area contributed by atoms with Crippen molar-refractivity contribution in [1.29, 1.82) is 0 Å². The van der Waals surface area contributed by atoms with Crippen LogP contribution in [0.2, 0.25) is 0 Å². The molecule has 0 spiro atoms. The number of piperidine rings is 1. The number of urea groups is 1. The summed E-state index contributed by atoms with van der Waals surface area (Å²) in [4.78, 5) is 14.3. The van der Waals surface area contributed by atoms with Crippen LogP contribution in [-0.4, -0.2) is 49.4 Å². The molecule has 3 rings (SSSR count). The van der Waals surface area contributed by atoms with Crippen molar-refractivity contribution in [2.75, 3.05) is 33.4 Å². The molecule has 1 fully saturated rings. The lowest BCUT2D eigenvalue weighted by Crippen LogP contribution is -2.47. The molecule has 0 aromatic heterocycles. The van der Waals surface area contributed by atoms with Crippen molar-refractivity contribution in [2.45, 2.75) is 38.0 Å². The van der Waals surface area contributed by atoms with Crippen LogP contribution in [0.1, 0.15) is 42.7 Å². The first-order chi connectivity index (χ1) is 11.7. The van der Waals surface area contributed by atoms with Crippen LogP contribution >= 0.6 is 0 Å². The van der Waals surface area contributed by atoms with Crippen LogP contribution in [-0.2, 0) is 6.42 Å². The molecule has 24 heavy (non-hydrogen) atoms. The minimum Gasteiger partial charge on any atom is -0.497 e. The Hall–Kier alpha value is -1.75. The quantitative estimate of drug-likeness (QED) is 0.891. The lowest BCUT2D eigenvalue weighted by Gasteiger charge is -2.33. The molecule has 1 heterocycles. The number of methoxy groups -OCH3 is 1. The summed E-state index contributed by atoms with van der Waals surface area (Å²) in [6.45, 7) is 2.31. The molecule has 0 radical (unpaired) electrons. The summed E-state index contributed by atoms with van der Waals surface area (Å²) >= 11 is 0. The molecule has 132 valence electrons. The molecule has 1 aromatic rings. The lowest BCUT2D eigenvalue weighted by molar-refractivity contribution is 0.129. The van der Waals surface area contributed by atoms with E-state index < -0.39 is 0 Å². The van der Waals surface area contributed by atoms with Gasteiger partial charge in [-0.15, -0.1) is 0 Å². The third kappa shape index (κ3) is 3.83. The molecule has 1 aliphatic carbocycles. The highest BCUT2D eigenvalue weighted by Crippen LogP contribution is 2.33. The SMILES string of the molecule is COc1ccc2c(c1)CCC[C@@H]2CNC(=O)N1CCC[C@@H](CO)C1. The summed E-state index contributed by atoms with van der Waals surface area (Å²) in [5.74, 6) is 1.51. The van der Waals surface area contributed by atoms with E-state index in [1.807, 2.05) is 11.0 Å². The Morgan fingerprint density at radius 1 is 1.38 bits per heavy atom. The molecule has 0 unspecified atom stereocenters. The number of ether oxygens (including phenoxy) is 1. The average molecular weight is 332 g/mol. The minimum atomic E-state index is 0.00813. The normalized spacial score (nSPS) is 23.5. The number of likely N-dealkylation sites (tertiary alicyclic amines) is 1. The van der Waals surface area contributed by atoms with Crippen LogP contribution in [0.5, 0.6) is 5.75 Å². The molecule has 2 aliphatic rings. The van der Waals surface area contributed by atoms with Crippen molar-refractivity contribution < 1.29 is 14.6 Å². The van der Waals surface area contributed by atoms with Gasteiger partial charge in [0.05, 0.1) is 7.11 Å². The van der Waals surface area contributed by atoms with Gasteiger partial charge in [-0.3, -0.25) is 0 Å². The molecule has 0 saturated carbocycles. The molecule has 1 saturated heterocycles. The Morgan fingerprint density at radius 2 is 2.25 bits per heavy atom. The highest BCUT2D eigenvalue weighted by Gasteiger charge is 2.25. The molecular formula is C19H28N2O3. The Bertz CT molecular complexity index is 576. The van der Waals surface area contributed by atoms with Crippen molar-refractivity contribution in [3.63, 3.8) is 0 Å². The number of carbonyl (C=O) groups excluding carboxylic acids is 1. The zero-order chi connectivity index (χ0) is 16.9. The molecule has 2 N–H and O–H groups in total. The van der Waals surface area contributed by atoms with Crippen LogP contribution in [0.15, 0.2) is 18.2 Å². The Morgan fingerprint density at radius 3 is 3.04 bits per heavy atom. The summed E-state index contributed by atoms with van der Waals surface area (Å²) in [5.41, 5.74) is 2.69. The maximum absolute atomic E-state index is 12.4. The zero-order valence-electron chi connectivity index (χ0n) is 14.5. The van der Waals surface area contributed by atoms with Crippen molar-refractivity contribution in [1.82, 2.24) is 10.2 Å². The summed E-state index contributed by atoms with van der Waals surface area (Å²) in [5, 5.41) is 12.4. The third-order valence-corrected chi connectivity index (χ3v) is 5.35. The number of hydrogen-bond donors (Lipinski definition) is 2. The number of nitrogens with one attached hydrogen (secondary N) is 1. The number of benzene rings is 1. The van der Waals surface area contributed by atoms with E-state index in [0.717, 1.165) is 44.4 Å². The molecule has 0 bridgehead atoms. The highest BCUT2D eigenvalue weighted by atomic mass is 16.5. The first kappa shape index (κ1) is 17.1. The summed E-state index contributed by atoms with van der Waals surface area (Å²) < 4.78 is 5.32. The first-order valence-corrected chi connectivity index (χ1v) is 9.01. The van der Waals surface area contributed by atoms with Gasteiger partial charge in [-0.2, -0.15) is 0 Å². The first-order valence-electron chi connectivity index (χ1n) is 9.01. The minimum absolute atomic E-state index is 0.00813. The maximum atomic E-state index is 12.4. The van der Waals surface area contributed by atoms with E-state index in [-0.39, 0.29) is 18.6 Å². The second-order valence-electron chi connectivity index (χ2n) is 6.98. The number of aryl methyl sites for hydroxylation is 1. The molecule has 5 nitrogen and oxygen atoms in total. The summed E-state index contributed by atoms with van der Waals surface area (Å²) in [6, 6.07) is 6.29. The predicted octanol–water partition coefficient (Wildman–Crippen LogP) is 2.53. The molecule has 5 heteroatoms. The van der Waals surface area contributed by atoms with Crippen LogP contribution in [0.25, 0.3) is 0 Å². The predicted molar refractivity (Wildman–Crippen MR) is 93.5 cm³/mol. The van der Waals surface area contributed by atoms with Gasteiger partial charge in [-0.25, -0.2) is 4.79 Å². The smallest absolute Gasteiger partial charge is 0.317 e. The van der Waals surface area contributed by atoms with Crippen LogP contribution in [0.4, 0.5) is 4.79 Å². The van der Waals surface area contributed by atoms with Crippen molar-refractivity contribution >= 4 is 6.03 Å². The topological polar surface area (TPSA) is 61.8 Å². The fourth-order valence-corrected chi connectivity index (χ4v) is 3.95. The Labute approximate surface area is 144 Å². The zero-order valence-corrected chi connectivity index (χ0v) is 14.5. The van der Waals surface area contributed by atoms with Gasteiger partial charge < -0.3 is 20.1 Å². The number of hydrogen-bond acceptors (Lipinski definition) is 3. The van der Waals surface area contributed by atoms with Gasteiger partial charge >= 0.3 is 6.03 Å². The van der Waals surface area contributed by atoms with Gasteiger partial charge in [0.15, 0.2) is 0 Å². The Balaban J connectivity index is 1.58. The number of fused-ring (bicyclic) bond motifs is 1. The second kappa shape index (κ2) is 7.88. The lowest BCUT2D eigenvalue weighted by atomic mass is 9.82. The van der Waals surface area contributed by atoms with Crippen molar-refractivity contribution in [3.8, 4) is 5.75 Å². The van der Waals surface area contributed by atoms with E-state index in [2.05, 4.69) is 17.4 Å². The van der Waals surface area contributed by atoms with Crippen LogP contribution < -0.4 is 10.1 Å². The fourth-order valence-electron chi connectivity index (χ4n) is 3.95. The van der Waals surface area contributed by atoms with E-state index in [9.17, 15) is 9.90 Å². The monoisotopic (exact) mass is 332 g/mol. The van der Waals surface area contributed by atoms with Gasteiger partial charge in [0, 0.05) is 32.2 Å². The number of carbonyl (C=O) groups is 1. The van der Waals surface area contributed by atoms with Gasteiger partial charge in [0.2, 0.25) is 0 Å². The van der Waals surface area contributed by atoms with Gasteiger partial charge in [-0.1, -0.05) is 6.07 Å². The van der Waals surface area contributed by atoms with E-state index >= 15 is 0 Å². The summed E-state index contributed by atoms with van der Waals surface area (Å²) in [7, 11) is 1.69. The number of aliphatic hydroxyl groups excluding tert-OH is 1. The van der Waals surface area contributed by atoms with Gasteiger partial charge in [0.25, 0.3) is 0 Å². The molecule has 2 amide bonds. The number of amides is 2. The van der Waals surface area contributed by atoms with Gasteiger partial charge in [-0.05, 0) is 61.3 Å². The molecular weight excluding hydrogens is 304 g/mol. The van der Waals surface area contributed by atoms with E-state index in [4.69, 9.17) is 4.74 Å². The van der Waals surface area contributed by atoms with E-state index in [1.165, 1.54) is 11.1 Å². The maximum Gasteiger partial charge on any atom is 0.317 e. The van der Waals surface area contributed by atoms with Crippen molar-refractivity contribution in [3.05, 3.63) is 29.3 Å².